The SMILES string of the molecule is N#Cc1ccc(NC(=O)C2CCCC2CN)c(Cl)c1. The average Bonchev–Trinajstić information content (AvgIpc) is 2.89. The van der Waals surface area contributed by atoms with Crippen LogP contribution in [0.5, 0.6) is 0 Å². The summed E-state index contributed by atoms with van der Waals surface area (Å²) in [5.41, 5.74) is 6.71. The van der Waals surface area contributed by atoms with Gasteiger partial charge in [0.2, 0.25) is 5.91 Å². The largest absolute Gasteiger partial charge is 0.330 e. The van der Waals surface area contributed by atoms with Crippen LogP contribution in [0.4, 0.5) is 5.69 Å². The topological polar surface area (TPSA) is 78.9 Å². The first-order chi connectivity index (χ1) is 9.15. The van der Waals surface area contributed by atoms with E-state index in [1.54, 1.807) is 18.2 Å². The van der Waals surface area contributed by atoms with Gasteiger partial charge in [-0.2, -0.15) is 5.26 Å². The quantitative estimate of drug-likeness (QED) is 0.891. The fourth-order valence-corrected chi connectivity index (χ4v) is 2.80. The smallest absolute Gasteiger partial charge is 0.227 e. The highest BCUT2D eigenvalue weighted by atomic mass is 35.5. The average molecular weight is 278 g/mol. The number of carbonyl (C=O) groups is 1. The van der Waals surface area contributed by atoms with Crippen molar-refractivity contribution in [2.24, 2.45) is 17.6 Å². The predicted octanol–water partition coefficient (Wildman–Crippen LogP) is 2.53. The van der Waals surface area contributed by atoms with Crippen molar-refractivity contribution in [2.75, 3.05) is 11.9 Å². The Morgan fingerprint density at radius 1 is 1.53 bits per heavy atom. The maximum absolute atomic E-state index is 12.2. The van der Waals surface area contributed by atoms with Crippen LogP contribution in [0.25, 0.3) is 0 Å². The summed E-state index contributed by atoms with van der Waals surface area (Å²) < 4.78 is 0. The molecule has 19 heavy (non-hydrogen) atoms. The Bertz CT molecular complexity index is 524. The molecule has 2 rings (SSSR count). The Morgan fingerprint density at radius 3 is 2.95 bits per heavy atom. The number of hydrogen-bond donors (Lipinski definition) is 2. The molecule has 0 radical (unpaired) electrons. The molecule has 0 bridgehead atoms. The van der Waals surface area contributed by atoms with Gasteiger partial charge in [-0.25, -0.2) is 0 Å². The zero-order valence-electron chi connectivity index (χ0n) is 10.5. The normalized spacial score (nSPS) is 21.9. The van der Waals surface area contributed by atoms with Gasteiger partial charge in [0.05, 0.1) is 22.3 Å². The predicted molar refractivity (Wildman–Crippen MR) is 74.7 cm³/mol. The number of carbonyl (C=O) groups excluding carboxylic acids is 1. The fraction of sp³-hybridized carbons (Fsp3) is 0.429. The summed E-state index contributed by atoms with van der Waals surface area (Å²) in [6.07, 6.45) is 2.93. The van der Waals surface area contributed by atoms with E-state index < -0.39 is 0 Å². The number of benzene rings is 1. The summed E-state index contributed by atoms with van der Waals surface area (Å²) in [4.78, 5) is 12.2. The summed E-state index contributed by atoms with van der Waals surface area (Å²) in [7, 11) is 0. The zero-order valence-corrected chi connectivity index (χ0v) is 11.3. The Hall–Kier alpha value is -1.57. The van der Waals surface area contributed by atoms with Crippen LogP contribution in [0, 0.1) is 23.2 Å². The first kappa shape index (κ1) is 13.9. The van der Waals surface area contributed by atoms with Crippen molar-refractivity contribution < 1.29 is 4.79 Å². The molecule has 0 aromatic heterocycles. The second-order valence-corrected chi connectivity index (χ2v) is 5.24. The molecule has 0 spiro atoms. The number of nitrogens with zero attached hydrogens (tertiary/aromatic N) is 1. The Morgan fingerprint density at radius 2 is 2.32 bits per heavy atom. The molecular weight excluding hydrogens is 262 g/mol. The van der Waals surface area contributed by atoms with Crippen molar-refractivity contribution >= 4 is 23.2 Å². The highest BCUT2D eigenvalue weighted by Crippen LogP contribution is 2.32. The number of nitrogens with one attached hydrogen (secondary N) is 1. The molecule has 1 amide bonds. The van der Waals surface area contributed by atoms with Crippen LogP contribution in [0.1, 0.15) is 24.8 Å². The van der Waals surface area contributed by atoms with Crippen LogP contribution in [0.2, 0.25) is 5.02 Å². The highest BCUT2D eigenvalue weighted by molar-refractivity contribution is 6.33. The Kier molecular flexibility index (Phi) is 4.41. The molecule has 0 saturated heterocycles. The first-order valence-electron chi connectivity index (χ1n) is 6.36. The number of nitrogens with two attached hydrogens (primary N) is 1. The van der Waals surface area contributed by atoms with Crippen molar-refractivity contribution in [3.63, 3.8) is 0 Å². The third-order valence-corrected chi connectivity index (χ3v) is 3.97. The van der Waals surface area contributed by atoms with E-state index in [9.17, 15) is 4.79 Å². The van der Waals surface area contributed by atoms with Crippen LogP contribution >= 0.6 is 11.6 Å². The van der Waals surface area contributed by atoms with Gasteiger partial charge in [-0.1, -0.05) is 18.0 Å². The van der Waals surface area contributed by atoms with Crippen LogP contribution < -0.4 is 11.1 Å². The van der Waals surface area contributed by atoms with Gasteiger partial charge < -0.3 is 11.1 Å². The van der Waals surface area contributed by atoms with Crippen molar-refractivity contribution in [3.05, 3.63) is 28.8 Å². The van der Waals surface area contributed by atoms with E-state index in [-0.39, 0.29) is 17.7 Å². The number of rotatable bonds is 3. The van der Waals surface area contributed by atoms with E-state index >= 15 is 0 Å². The van der Waals surface area contributed by atoms with Gasteiger partial charge in [-0.15, -0.1) is 0 Å². The van der Waals surface area contributed by atoms with E-state index in [0.717, 1.165) is 19.3 Å². The van der Waals surface area contributed by atoms with Gasteiger partial charge in [-0.3, -0.25) is 4.79 Å². The highest BCUT2D eigenvalue weighted by Gasteiger charge is 2.32. The van der Waals surface area contributed by atoms with Gasteiger partial charge in [-0.05, 0) is 43.5 Å². The minimum Gasteiger partial charge on any atom is -0.330 e. The molecular formula is C14H16ClN3O. The summed E-state index contributed by atoms with van der Waals surface area (Å²) in [5.74, 6) is 0.202. The Labute approximate surface area is 117 Å². The lowest BCUT2D eigenvalue weighted by molar-refractivity contribution is -0.120. The second-order valence-electron chi connectivity index (χ2n) is 4.83. The molecule has 4 nitrogen and oxygen atoms in total. The monoisotopic (exact) mass is 277 g/mol. The minimum atomic E-state index is -0.0308. The number of nitriles is 1. The van der Waals surface area contributed by atoms with Gasteiger partial charge >= 0.3 is 0 Å². The van der Waals surface area contributed by atoms with Crippen molar-refractivity contribution in [1.82, 2.24) is 0 Å². The summed E-state index contributed by atoms with van der Waals surface area (Å²) >= 11 is 6.04. The third kappa shape index (κ3) is 3.06. The molecule has 1 aliphatic carbocycles. The molecule has 3 N–H and O–H groups in total. The van der Waals surface area contributed by atoms with Crippen LogP contribution in [-0.2, 0) is 4.79 Å². The molecule has 1 saturated carbocycles. The van der Waals surface area contributed by atoms with E-state index in [1.165, 1.54) is 0 Å². The Balaban J connectivity index is 2.09. The second kappa shape index (κ2) is 6.05. The van der Waals surface area contributed by atoms with Gasteiger partial charge in [0.1, 0.15) is 0 Å². The molecule has 2 atom stereocenters. The van der Waals surface area contributed by atoms with Gasteiger partial charge in [0, 0.05) is 5.92 Å². The van der Waals surface area contributed by atoms with E-state index in [4.69, 9.17) is 22.6 Å². The van der Waals surface area contributed by atoms with Crippen molar-refractivity contribution in [1.29, 1.82) is 5.26 Å². The molecule has 0 heterocycles. The van der Waals surface area contributed by atoms with Gasteiger partial charge in [0.25, 0.3) is 0 Å². The summed E-state index contributed by atoms with van der Waals surface area (Å²) in [6.45, 7) is 0.541. The first-order valence-corrected chi connectivity index (χ1v) is 6.74. The lowest BCUT2D eigenvalue weighted by Crippen LogP contribution is -2.29. The van der Waals surface area contributed by atoms with Crippen LogP contribution in [0.3, 0.4) is 0 Å². The molecule has 1 fully saturated rings. The van der Waals surface area contributed by atoms with E-state index in [0.29, 0.717) is 22.8 Å². The molecule has 2 unspecified atom stereocenters. The fourth-order valence-electron chi connectivity index (χ4n) is 2.58. The molecule has 1 aromatic rings. The summed E-state index contributed by atoms with van der Waals surface area (Å²) in [6, 6.07) is 6.85. The third-order valence-electron chi connectivity index (χ3n) is 3.65. The van der Waals surface area contributed by atoms with Crippen molar-refractivity contribution in [3.8, 4) is 6.07 Å². The molecule has 1 aliphatic rings. The van der Waals surface area contributed by atoms with Crippen molar-refractivity contribution in [2.45, 2.75) is 19.3 Å². The molecule has 0 aliphatic heterocycles. The van der Waals surface area contributed by atoms with E-state index in [2.05, 4.69) is 5.32 Å². The standard InChI is InChI=1S/C14H16ClN3O/c15-12-6-9(7-16)4-5-13(12)18-14(19)11-3-1-2-10(11)8-17/h4-6,10-11H,1-3,8,17H2,(H,18,19). The molecule has 5 heteroatoms. The molecule has 100 valence electrons. The number of hydrogen-bond acceptors (Lipinski definition) is 3. The van der Waals surface area contributed by atoms with Crippen LogP contribution in [0.15, 0.2) is 18.2 Å². The van der Waals surface area contributed by atoms with Gasteiger partial charge in [0.15, 0.2) is 0 Å². The lowest BCUT2D eigenvalue weighted by atomic mass is 9.95. The maximum Gasteiger partial charge on any atom is 0.227 e. The molecule has 1 aromatic carbocycles. The van der Waals surface area contributed by atoms with E-state index in [1.807, 2.05) is 6.07 Å². The number of halogens is 1. The summed E-state index contributed by atoms with van der Waals surface area (Å²) in [5, 5.41) is 12.0. The zero-order chi connectivity index (χ0) is 13.8. The minimum absolute atomic E-state index is 0.0282. The number of anilines is 1. The van der Waals surface area contributed by atoms with Crippen LogP contribution in [-0.4, -0.2) is 12.5 Å². The maximum atomic E-state index is 12.2. The lowest BCUT2D eigenvalue weighted by Gasteiger charge is -2.17. The number of amides is 1.